The van der Waals surface area contributed by atoms with E-state index in [0.717, 1.165) is 5.56 Å². The Morgan fingerprint density at radius 3 is 2.40 bits per heavy atom. The summed E-state index contributed by atoms with van der Waals surface area (Å²) in [7, 11) is 0. The second kappa shape index (κ2) is 6.69. The van der Waals surface area contributed by atoms with Gasteiger partial charge < -0.3 is 5.32 Å². The number of nitrogens with one attached hydrogen (secondary N) is 1. The molecule has 0 fully saturated rings. The number of imide groups is 1. The van der Waals surface area contributed by atoms with Crippen LogP contribution in [-0.4, -0.2) is 28.7 Å². The SMILES string of the molecule is CC(C)N1C(=O)c2cccc(C(=O)NCc3ccc(Cl)cc3)c2C1=O. The molecule has 3 rings (SSSR count). The fourth-order valence-electron chi connectivity index (χ4n) is 2.84. The first-order valence-electron chi connectivity index (χ1n) is 7.93. The van der Waals surface area contributed by atoms with Crippen LogP contribution in [0.2, 0.25) is 5.02 Å². The van der Waals surface area contributed by atoms with Crippen LogP contribution in [0.15, 0.2) is 42.5 Å². The van der Waals surface area contributed by atoms with E-state index in [1.165, 1.54) is 4.90 Å². The van der Waals surface area contributed by atoms with Gasteiger partial charge in [0.15, 0.2) is 0 Å². The van der Waals surface area contributed by atoms with Gasteiger partial charge >= 0.3 is 0 Å². The monoisotopic (exact) mass is 356 g/mol. The molecule has 1 N–H and O–H groups in total. The molecule has 0 unspecified atom stereocenters. The van der Waals surface area contributed by atoms with Gasteiger partial charge in [-0.25, -0.2) is 0 Å². The number of carbonyl (C=O) groups excluding carboxylic acids is 3. The lowest BCUT2D eigenvalue weighted by molar-refractivity contribution is 0.0607. The highest BCUT2D eigenvalue weighted by Gasteiger charge is 2.39. The number of carbonyl (C=O) groups is 3. The Morgan fingerprint density at radius 1 is 1.08 bits per heavy atom. The molecule has 0 aromatic heterocycles. The van der Waals surface area contributed by atoms with E-state index < -0.39 is 11.8 Å². The summed E-state index contributed by atoms with van der Waals surface area (Å²) in [4.78, 5) is 38.7. The summed E-state index contributed by atoms with van der Waals surface area (Å²) in [5.41, 5.74) is 1.55. The van der Waals surface area contributed by atoms with Gasteiger partial charge in [-0.05, 0) is 43.7 Å². The minimum atomic E-state index is -0.424. The quantitative estimate of drug-likeness (QED) is 0.855. The van der Waals surface area contributed by atoms with Crippen LogP contribution in [0.3, 0.4) is 0 Å². The van der Waals surface area contributed by atoms with Gasteiger partial charge in [-0.1, -0.05) is 29.8 Å². The molecule has 2 aromatic rings. The number of fused-ring (bicyclic) bond motifs is 1. The lowest BCUT2D eigenvalue weighted by atomic mass is 10.0. The van der Waals surface area contributed by atoms with E-state index in [1.807, 2.05) is 12.1 Å². The topological polar surface area (TPSA) is 66.5 Å². The third kappa shape index (κ3) is 3.15. The van der Waals surface area contributed by atoms with E-state index in [0.29, 0.717) is 11.6 Å². The van der Waals surface area contributed by atoms with Gasteiger partial charge in [-0.15, -0.1) is 0 Å². The fraction of sp³-hybridized carbons (Fsp3) is 0.211. The number of halogens is 1. The molecule has 0 radical (unpaired) electrons. The van der Waals surface area contributed by atoms with Crippen molar-refractivity contribution in [1.29, 1.82) is 0 Å². The largest absolute Gasteiger partial charge is 0.348 e. The first-order valence-corrected chi connectivity index (χ1v) is 8.31. The van der Waals surface area contributed by atoms with Crippen molar-refractivity contribution in [2.75, 3.05) is 0 Å². The van der Waals surface area contributed by atoms with E-state index in [2.05, 4.69) is 5.32 Å². The Morgan fingerprint density at radius 2 is 1.76 bits per heavy atom. The Kier molecular flexibility index (Phi) is 4.59. The summed E-state index contributed by atoms with van der Waals surface area (Å²) >= 11 is 5.84. The van der Waals surface area contributed by atoms with E-state index in [-0.39, 0.29) is 28.6 Å². The van der Waals surface area contributed by atoms with Crippen molar-refractivity contribution in [2.24, 2.45) is 0 Å². The summed E-state index contributed by atoms with van der Waals surface area (Å²) in [6.07, 6.45) is 0. The molecule has 3 amide bonds. The van der Waals surface area contributed by atoms with Gasteiger partial charge in [0.25, 0.3) is 17.7 Å². The summed E-state index contributed by atoms with van der Waals surface area (Å²) < 4.78 is 0. The zero-order valence-electron chi connectivity index (χ0n) is 13.9. The normalized spacial score (nSPS) is 13.4. The van der Waals surface area contributed by atoms with E-state index in [9.17, 15) is 14.4 Å². The first kappa shape index (κ1) is 17.2. The standard InChI is InChI=1S/C19H17ClN2O3/c1-11(2)22-18(24)15-5-3-4-14(16(15)19(22)25)17(23)21-10-12-6-8-13(20)9-7-12/h3-9,11H,10H2,1-2H3,(H,21,23). The zero-order valence-corrected chi connectivity index (χ0v) is 14.6. The molecule has 0 spiro atoms. The summed E-state index contributed by atoms with van der Waals surface area (Å²) in [5.74, 6) is -1.17. The minimum absolute atomic E-state index is 0.176. The molecule has 6 heteroatoms. The van der Waals surface area contributed by atoms with Crippen LogP contribution in [-0.2, 0) is 6.54 Å². The average molecular weight is 357 g/mol. The molecule has 128 valence electrons. The molecule has 5 nitrogen and oxygen atoms in total. The Labute approximate surface area is 150 Å². The smallest absolute Gasteiger partial charge is 0.262 e. The van der Waals surface area contributed by atoms with Crippen LogP contribution >= 0.6 is 11.6 Å². The van der Waals surface area contributed by atoms with Crippen molar-refractivity contribution in [3.05, 3.63) is 69.7 Å². The van der Waals surface area contributed by atoms with Gasteiger partial charge in [0.05, 0.1) is 16.7 Å². The minimum Gasteiger partial charge on any atom is -0.348 e. The predicted octanol–water partition coefficient (Wildman–Crippen LogP) is 3.27. The molecule has 1 heterocycles. The molecule has 1 aliphatic rings. The third-order valence-corrected chi connectivity index (χ3v) is 4.33. The average Bonchev–Trinajstić information content (AvgIpc) is 2.85. The second-order valence-electron chi connectivity index (χ2n) is 6.11. The Hall–Kier alpha value is -2.66. The van der Waals surface area contributed by atoms with Crippen LogP contribution in [0.1, 0.15) is 50.5 Å². The predicted molar refractivity (Wildman–Crippen MR) is 94.7 cm³/mol. The number of nitrogens with zero attached hydrogens (tertiary/aromatic N) is 1. The van der Waals surface area contributed by atoms with Crippen molar-refractivity contribution in [3.8, 4) is 0 Å². The number of hydrogen-bond donors (Lipinski definition) is 1. The molecule has 2 aromatic carbocycles. The molecular weight excluding hydrogens is 340 g/mol. The highest BCUT2D eigenvalue weighted by Crippen LogP contribution is 2.27. The van der Waals surface area contributed by atoms with E-state index in [4.69, 9.17) is 11.6 Å². The Balaban J connectivity index is 1.85. The number of rotatable bonds is 4. The van der Waals surface area contributed by atoms with Gasteiger partial charge in [0.2, 0.25) is 0 Å². The van der Waals surface area contributed by atoms with Gasteiger partial charge in [0, 0.05) is 17.6 Å². The highest BCUT2D eigenvalue weighted by atomic mass is 35.5. The van der Waals surface area contributed by atoms with Gasteiger partial charge in [-0.3, -0.25) is 19.3 Å². The second-order valence-corrected chi connectivity index (χ2v) is 6.55. The van der Waals surface area contributed by atoms with E-state index >= 15 is 0 Å². The molecule has 25 heavy (non-hydrogen) atoms. The lowest BCUT2D eigenvalue weighted by Crippen LogP contribution is -2.36. The summed E-state index contributed by atoms with van der Waals surface area (Å²) in [6, 6.07) is 11.6. The zero-order chi connectivity index (χ0) is 18.1. The maximum absolute atomic E-state index is 12.6. The van der Waals surface area contributed by atoms with Crippen LogP contribution < -0.4 is 5.32 Å². The van der Waals surface area contributed by atoms with Gasteiger partial charge in [0.1, 0.15) is 0 Å². The molecule has 1 aliphatic heterocycles. The molecule has 0 saturated heterocycles. The van der Waals surface area contributed by atoms with Crippen molar-refractivity contribution in [1.82, 2.24) is 10.2 Å². The van der Waals surface area contributed by atoms with Crippen LogP contribution in [0.4, 0.5) is 0 Å². The van der Waals surface area contributed by atoms with Crippen LogP contribution in [0, 0.1) is 0 Å². The van der Waals surface area contributed by atoms with Gasteiger partial charge in [-0.2, -0.15) is 0 Å². The molecular formula is C19H17ClN2O3. The van der Waals surface area contributed by atoms with Crippen molar-refractivity contribution in [2.45, 2.75) is 26.4 Å². The van der Waals surface area contributed by atoms with Crippen LogP contribution in [0.25, 0.3) is 0 Å². The Bertz CT molecular complexity index is 859. The summed E-state index contributed by atoms with van der Waals surface area (Å²) in [6.45, 7) is 3.83. The maximum atomic E-state index is 12.6. The van der Waals surface area contributed by atoms with Crippen molar-refractivity contribution >= 4 is 29.3 Å². The molecule has 0 atom stereocenters. The fourth-order valence-corrected chi connectivity index (χ4v) is 2.97. The third-order valence-electron chi connectivity index (χ3n) is 4.07. The van der Waals surface area contributed by atoms with E-state index in [1.54, 1.807) is 44.2 Å². The molecule has 0 bridgehead atoms. The van der Waals surface area contributed by atoms with Crippen LogP contribution in [0.5, 0.6) is 0 Å². The lowest BCUT2D eigenvalue weighted by Gasteiger charge is -2.18. The molecule has 0 saturated carbocycles. The number of hydrogen-bond acceptors (Lipinski definition) is 3. The first-order chi connectivity index (χ1) is 11.9. The summed E-state index contributed by atoms with van der Waals surface area (Å²) in [5, 5.41) is 3.40. The number of amides is 3. The maximum Gasteiger partial charge on any atom is 0.262 e. The highest BCUT2D eigenvalue weighted by molar-refractivity contribution is 6.30. The van der Waals surface area contributed by atoms with Crippen molar-refractivity contribution < 1.29 is 14.4 Å². The number of benzene rings is 2. The van der Waals surface area contributed by atoms with Crippen molar-refractivity contribution in [3.63, 3.8) is 0 Å². The molecule has 0 aliphatic carbocycles.